The summed E-state index contributed by atoms with van der Waals surface area (Å²) in [6, 6.07) is 27.6. The van der Waals surface area contributed by atoms with Crippen molar-refractivity contribution in [1.29, 1.82) is 0 Å². The quantitative estimate of drug-likeness (QED) is 0.444. The van der Waals surface area contributed by atoms with Gasteiger partial charge >= 0.3 is 0 Å². The van der Waals surface area contributed by atoms with Gasteiger partial charge in [-0.3, -0.25) is 5.32 Å². The first-order valence-corrected chi connectivity index (χ1v) is 12.8. The molecule has 3 unspecified atom stereocenters. The lowest BCUT2D eigenvalue weighted by Gasteiger charge is -2.34. The van der Waals surface area contributed by atoms with Crippen LogP contribution in [0.3, 0.4) is 0 Å². The summed E-state index contributed by atoms with van der Waals surface area (Å²) in [5.41, 5.74) is 8.90. The van der Waals surface area contributed by atoms with Gasteiger partial charge in [-0.25, -0.2) is 0 Å². The molecule has 3 atom stereocenters. The van der Waals surface area contributed by atoms with Gasteiger partial charge in [0.25, 0.3) is 0 Å². The molecule has 0 fully saturated rings. The normalized spacial score (nSPS) is 26.6. The van der Waals surface area contributed by atoms with E-state index in [2.05, 4.69) is 113 Å². The first-order valence-electron chi connectivity index (χ1n) is 12.8. The van der Waals surface area contributed by atoms with E-state index in [0.717, 1.165) is 6.42 Å². The molecular formula is C32H39N. The molecular weight excluding hydrogens is 398 g/mol. The second-order valence-electron chi connectivity index (χ2n) is 11.9. The second kappa shape index (κ2) is 8.13. The van der Waals surface area contributed by atoms with Crippen LogP contribution in [0, 0.1) is 5.92 Å². The van der Waals surface area contributed by atoms with E-state index in [4.69, 9.17) is 0 Å². The molecule has 0 amide bonds. The summed E-state index contributed by atoms with van der Waals surface area (Å²) in [6.07, 6.45) is 6.01. The van der Waals surface area contributed by atoms with Crippen LogP contribution in [-0.2, 0) is 29.3 Å². The molecule has 172 valence electrons. The van der Waals surface area contributed by atoms with Crippen LogP contribution in [0.5, 0.6) is 0 Å². The van der Waals surface area contributed by atoms with Gasteiger partial charge in [-0.05, 0) is 90.7 Å². The third-order valence-corrected chi connectivity index (χ3v) is 8.32. The highest BCUT2D eigenvalue weighted by molar-refractivity contribution is 5.52. The summed E-state index contributed by atoms with van der Waals surface area (Å²) >= 11 is 0. The molecule has 0 aliphatic carbocycles. The van der Waals surface area contributed by atoms with Crippen LogP contribution in [0.1, 0.15) is 87.3 Å². The Morgan fingerprint density at radius 1 is 0.818 bits per heavy atom. The number of benzene rings is 3. The van der Waals surface area contributed by atoms with Gasteiger partial charge in [0, 0.05) is 5.54 Å². The van der Waals surface area contributed by atoms with Gasteiger partial charge in [-0.2, -0.15) is 0 Å². The minimum Gasteiger partial charge on any atom is -0.294 e. The highest BCUT2D eigenvalue weighted by Crippen LogP contribution is 2.49. The fourth-order valence-corrected chi connectivity index (χ4v) is 6.51. The lowest BCUT2D eigenvalue weighted by Crippen LogP contribution is -2.45. The van der Waals surface area contributed by atoms with E-state index in [1.54, 1.807) is 0 Å². The first kappa shape index (κ1) is 22.4. The fraction of sp³-hybridized carbons (Fsp3) is 0.438. The molecule has 0 spiro atoms. The number of aryl methyl sites for hydroxylation is 2. The van der Waals surface area contributed by atoms with E-state index < -0.39 is 0 Å². The van der Waals surface area contributed by atoms with E-state index >= 15 is 0 Å². The SMILES string of the molecule is CC(C)(C)c1ccc(CCC2CCc3ccccc3C3(C)NC(C)(C2)c2ccccc23)cc1. The van der Waals surface area contributed by atoms with Crippen molar-refractivity contribution in [2.45, 2.75) is 83.2 Å². The monoisotopic (exact) mass is 437 g/mol. The Morgan fingerprint density at radius 3 is 2.15 bits per heavy atom. The Kier molecular flexibility index (Phi) is 5.52. The number of fused-ring (bicyclic) bond motifs is 7. The van der Waals surface area contributed by atoms with Crippen LogP contribution in [0.4, 0.5) is 0 Å². The van der Waals surface area contributed by atoms with Crippen LogP contribution in [0.2, 0.25) is 0 Å². The van der Waals surface area contributed by atoms with Crippen molar-refractivity contribution >= 4 is 0 Å². The van der Waals surface area contributed by atoms with Gasteiger partial charge < -0.3 is 0 Å². The predicted octanol–water partition coefficient (Wildman–Crippen LogP) is 7.65. The van der Waals surface area contributed by atoms with Crippen LogP contribution < -0.4 is 5.32 Å². The van der Waals surface area contributed by atoms with Gasteiger partial charge in [0.15, 0.2) is 0 Å². The van der Waals surface area contributed by atoms with Crippen molar-refractivity contribution in [2.75, 3.05) is 0 Å². The summed E-state index contributed by atoms with van der Waals surface area (Å²) < 4.78 is 0. The minimum absolute atomic E-state index is 0.00353. The molecule has 1 heteroatoms. The average Bonchev–Trinajstić information content (AvgIpc) is 3.05. The molecule has 2 aliphatic rings. The standard InChI is InChI=1S/C32H39N/c1-30(2,3)26-20-17-23(18-21-26)14-15-24-16-19-25-10-6-7-11-27(25)32(5)29-13-9-8-12-28(29)31(4,22-24)33-32/h6-13,17-18,20-21,24,33H,14-16,19,22H2,1-5H3. The first-order chi connectivity index (χ1) is 15.7. The Bertz CT molecular complexity index is 1140. The molecule has 3 aromatic rings. The molecule has 1 nitrogen and oxygen atoms in total. The molecule has 0 saturated heterocycles. The fourth-order valence-electron chi connectivity index (χ4n) is 6.51. The van der Waals surface area contributed by atoms with E-state index in [1.165, 1.54) is 59.1 Å². The number of nitrogens with one attached hydrogen (secondary N) is 1. The Hall–Kier alpha value is -2.38. The topological polar surface area (TPSA) is 12.0 Å². The maximum atomic E-state index is 4.16. The van der Waals surface area contributed by atoms with E-state index in [0.29, 0.717) is 5.92 Å². The third kappa shape index (κ3) is 4.06. The molecule has 3 aromatic carbocycles. The molecule has 5 rings (SSSR count). The zero-order valence-corrected chi connectivity index (χ0v) is 21.0. The summed E-state index contributed by atoms with van der Waals surface area (Å²) in [7, 11) is 0. The average molecular weight is 438 g/mol. The highest BCUT2D eigenvalue weighted by atomic mass is 15.1. The lowest BCUT2D eigenvalue weighted by atomic mass is 9.76. The summed E-state index contributed by atoms with van der Waals surface area (Å²) in [5.74, 6) is 0.686. The van der Waals surface area contributed by atoms with Crippen LogP contribution in [-0.4, -0.2) is 0 Å². The van der Waals surface area contributed by atoms with Gasteiger partial charge in [0.2, 0.25) is 0 Å². The third-order valence-electron chi connectivity index (χ3n) is 8.32. The van der Waals surface area contributed by atoms with E-state index in [1.807, 2.05) is 0 Å². The van der Waals surface area contributed by atoms with Gasteiger partial charge in [-0.15, -0.1) is 0 Å². The van der Waals surface area contributed by atoms with E-state index in [9.17, 15) is 0 Å². The summed E-state index contributed by atoms with van der Waals surface area (Å²) in [6.45, 7) is 11.7. The number of hydrogen-bond donors (Lipinski definition) is 1. The largest absolute Gasteiger partial charge is 0.294 e. The Balaban J connectivity index is 1.44. The zero-order valence-electron chi connectivity index (χ0n) is 21.0. The maximum Gasteiger partial charge on any atom is 0.0674 e. The smallest absolute Gasteiger partial charge is 0.0674 e. The zero-order chi connectivity index (χ0) is 23.3. The maximum absolute atomic E-state index is 4.16. The van der Waals surface area contributed by atoms with Gasteiger partial charge in [0.1, 0.15) is 0 Å². The second-order valence-corrected chi connectivity index (χ2v) is 11.9. The van der Waals surface area contributed by atoms with Crippen LogP contribution >= 0.6 is 0 Å². The van der Waals surface area contributed by atoms with Crippen molar-refractivity contribution < 1.29 is 0 Å². The van der Waals surface area contributed by atoms with E-state index in [-0.39, 0.29) is 16.5 Å². The van der Waals surface area contributed by atoms with Crippen LogP contribution in [0.25, 0.3) is 0 Å². The summed E-state index contributed by atoms with van der Waals surface area (Å²) in [4.78, 5) is 0. The Labute approximate surface area is 200 Å². The predicted molar refractivity (Wildman–Crippen MR) is 140 cm³/mol. The molecule has 33 heavy (non-hydrogen) atoms. The molecule has 0 saturated carbocycles. The molecule has 2 aliphatic heterocycles. The highest BCUT2D eigenvalue weighted by Gasteiger charge is 2.49. The van der Waals surface area contributed by atoms with Gasteiger partial charge in [0.05, 0.1) is 5.54 Å². The van der Waals surface area contributed by atoms with Crippen LogP contribution in [0.15, 0.2) is 72.8 Å². The molecule has 2 bridgehead atoms. The van der Waals surface area contributed by atoms with Gasteiger partial charge in [-0.1, -0.05) is 93.6 Å². The van der Waals surface area contributed by atoms with Crippen molar-refractivity contribution in [3.63, 3.8) is 0 Å². The molecule has 0 radical (unpaired) electrons. The van der Waals surface area contributed by atoms with Crippen molar-refractivity contribution in [3.05, 3.63) is 106 Å². The van der Waals surface area contributed by atoms with Crippen molar-refractivity contribution in [2.24, 2.45) is 5.92 Å². The Morgan fingerprint density at radius 2 is 1.45 bits per heavy atom. The number of rotatable bonds is 3. The minimum atomic E-state index is -0.125. The van der Waals surface area contributed by atoms with Crippen molar-refractivity contribution in [3.8, 4) is 0 Å². The number of hydrogen-bond acceptors (Lipinski definition) is 1. The molecule has 1 N–H and O–H groups in total. The lowest BCUT2D eigenvalue weighted by molar-refractivity contribution is 0.244. The molecule has 2 heterocycles. The molecule has 0 aromatic heterocycles. The summed E-state index contributed by atoms with van der Waals surface area (Å²) in [5, 5.41) is 4.16. The van der Waals surface area contributed by atoms with Crippen molar-refractivity contribution in [1.82, 2.24) is 5.32 Å².